The molecule has 22 heavy (non-hydrogen) atoms. The zero-order valence-electron chi connectivity index (χ0n) is 11.8. The average molecular weight is 365 g/mol. The van der Waals surface area contributed by atoms with Crippen molar-refractivity contribution in [2.45, 2.75) is 0 Å². The highest BCUT2D eigenvalue weighted by atomic mass is 79.9. The molecule has 0 aliphatic rings. The van der Waals surface area contributed by atoms with Gasteiger partial charge in [0.2, 0.25) is 5.91 Å². The molecule has 0 unspecified atom stereocenters. The van der Waals surface area contributed by atoms with Crippen molar-refractivity contribution in [2.24, 2.45) is 0 Å². The lowest BCUT2D eigenvalue weighted by molar-refractivity contribution is -0.116. The molecule has 2 aromatic rings. The van der Waals surface area contributed by atoms with Crippen molar-refractivity contribution in [2.75, 3.05) is 18.9 Å². The molecule has 0 fully saturated rings. The van der Waals surface area contributed by atoms with Crippen molar-refractivity contribution in [3.63, 3.8) is 0 Å². The Balaban J connectivity index is 1.97. The van der Waals surface area contributed by atoms with Crippen LogP contribution in [0.2, 0.25) is 0 Å². The Kier molecular flexibility index (Phi) is 5.27. The molecule has 0 saturated heterocycles. The van der Waals surface area contributed by atoms with E-state index in [4.69, 9.17) is 0 Å². The van der Waals surface area contributed by atoms with Crippen LogP contribution in [0.4, 0.5) is 10.1 Å². The van der Waals surface area contributed by atoms with Crippen LogP contribution in [0, 0.1) is 5.82 Å². The summed E-state index contributed by atoms with van der Waals surface area (Å²) in [6.07, 6.45) is 0. The van der Waals surface area contributed by atoms with Crippen LogP contribution in [0.3, 0.4) is 0 Å². The van der Waals surface area contributed by atoms with Crippen molar-refractivity contribution in [3.05, 3.63) is 64.4 Å². The van der Waals surface area contributed by atoms with Crippen molar-refractivity contribution < 1.29 is 14.0 Å². The Labute approximate surface area is 136 Å². The zero-order chi connectivity index (χ0) is 16.1. The molecule has 0 atom stereocenters. The van der Waals surface area contributed by atoms with Crippen molar-refractivity contribution in [3.8, 4) is 0 Å². The fraction of sp³-hybridized carbons (Fsp3) is 0.125. The molecule has 114 valence electrons. The monoisotopic (exact) mass is 364 g/mol. The minimum atomic E-state index is -0.434. The molecule has 2 rings (SSSR count). The smallest absolute Gasteiger partial charge is 0.254 e. The number of hydrogen-bond acceptors (Lipinski definition) is 2. The molecular weight excluding hydrogens is 351 g/mol. The molecule has 0 heterocycles. The molecule has 1 N–H and O–H groups in total. The summed E-state index contributed by atoms with van der Waals surface area (Å²) in [6, 6.07) is 12.5. The summed E-state index contributed by atoms with van der Waals surface area (Å²) in [6.45, 7) is -0.123. The first kappa shape index (κ1) is 16.2. The van der Waals surface area contributed by atoms with Gasteiger partial charge in [-0.1, -0.05) is 28.1 Å². The van der Waals surface area contributed by atoms with E-state index in [9.17, 15) is 14.0 Å². The second-order valence-corrected chi connectivity index (χ2v) is 5.65. The van der Waals surface area contributed by atoms with Crippen molar-refractivity contribution in [1.82, 2.24) is 4.90 Å². The van der Waals surface area contributed by atoms with Gasteiger partial charge in [0, 0.05) is 22.8 Å². The number of carbonyl (C=O) groups excluding carboxylic acids is 2. The molecule has 2 aromatic carbocycles. The second kappa shape index (κ2) is 7.17. The van der Waals surface area contributed by atoms with E-state index in [1.807, 2.05) is 6.07 Å². The van der Waals surface area contributed by atoms with E-state index in [2.05, 4.69) is 21.2 Å². The highest BCUT2D eigenvalue weighted by molar-refractivity contribution is 9.10. The highest BCUT2D eigenvalue weighted by Crippen LogP contribution is 2.13. The summed E-state index contributed by atoms with van der Waals surface area (Å²) in [5.74, 6) is -1.09. The van der Waals surface area contributed by atoms with Crippen LogP contribution in [0.15, 0.2) is 53.0 Å². The van der Waals surface area contributed by atoms with Gasteiger partial charge in [0.25, 0.3) is 5.91 Å². The lowest BCUT2D eigenvalue weighted by Gasteiger charge is -2.17. The molecule has 0 bridgehead atoms. The quantitative estimate of drug-likeness (QED) is 0.904. The third kappa shape index (κ3) is 4.39. The van der Waals surface area contributed by atoms with Gasteiger partial charge in [0.1, 0.15) is 5.82 Å². The first-order valence-electron chi connectivity index (χ1n) is 6.52. The van der Waals surface area contributed by atoms with Crippen molar-refractivity contribution >= 4 is 33.4 Å². The van der Waals surface area contributed by atoms with Crippen LogP contribution < -0.4 is 5.32 Å². The molecule has 2 amide bonds. The minimum absolute atomic E-state index is 0.123. The van der Waals surface area contributed by atoms with E-state index in [-0.39, 0.29) is 12.5 Å². The first-order chi connectivity index (χ1) is 10.5. The molecule has 0 aromatic heterocycles. The van der Waals surface area contributed by atoms with E-state index >= 15 is 0 Å². The molecule has 0 saturated carbocycles. The van der Waals surface area contributed by atoms with Gasteiger partial charge in [-0.15, -0.1) is 0 Å². The fourth-order valence-electron chi connectivity index (χ4n) is 1.90. The Hall–Kier alpha value is -2.21. The number of nitrogens with zero attached hydrogens (tertiary/aromatic N) is 1. The molecule has 0 aliphatic heterocycles. The van der Waals surface area contributed by atoms with Crippen LogP contribution in [0.1, 0.15) is 10.4 Å². The van der Waals surface area contributed by atoms with Crippen LogP contribution in [-0.2, 0) is 4.79 Å². The summed E-state index contributed by atoms with van der Waals surface area (Å²) >= 11 is 3.30. The van der Waals surface area contributed by atoms with Crippen LogP contribution in [0.25, 0.3) is 0 Å². The topological polar surface area (TPSA) is 49.4 Å². The van der Waals surface area contributed by atoms with Gasteiger partial charge in [0.05, 0.1) is 6.54 Å². The Morgan fingerprint density at radius 1 is 1.18 bits per heavy atom. The van der Waals surface area contributed by atoms with Gasteiger partial charge in [-0.25, -0.2) is 4.39 Å². The Morgan fingerprint density at radius 2 is 1.91 bits per heavy atom. The molecule has 6 heteroatoms. The van der Waals surface area contributed by atoms with Gasteiger partial charge in [-0.2, -0.15) is 0 Å². The van der Waals surface area contributed by atoms with Crippen LogP contribution in [0.5, 0.6) is 0 Å². The predicted molar refractivity (Wildman–Crippen MR) is 86.1 cm³/mol. The number of nitrogens with one attached hydrogen (secondary N) is 1. The Bertz CT molecular complexity index is 706. The lowest BCUT2D eigenvalue weighted by atomic mass is 10.2. The third-order valence-corrected chi connectivity index (χ3v) is 3.40. The van der Waals surface area contributed by atoms with Crippen LogP contribution >= 0.6 is 15.9 Å². The number of rotatable bonds is 4. The van der Waals surface area contributed by atoms with Gasteiger partial charge in [0.15, 0.2) is 0 Å². The van der Waals surface area contributed by atoms with E-state index in [1.165, 1.54) is 30.1 Å². The summed E-state index contributed by atoms with van der Waals surface area (Å²) in [7, 11) is 1.54. The summed E-state index contributed by atoms with van der Waals surface area (Å²) < 4.78 is 13.8. The van der Waals surface area contributed by atoms with E-state index < -0.39 is 11.7 Å². The van der Waals surface area contributed by atoms with Crippen LogP contribution in [-0.4, -0.2) is 30.3 Å². The molecule has 0 radical (unpaired) electrons. The number of hydrogen-bond donors (Lipinski definition) is 1. The van der Waals surface area contributed by atoms with Gasteiger partial charge < -0.3 is 10.2 Å². The summed E-state index contributed by atoms with van der Waals surface area (Å²) in [5, 5.41) is 2.55. The van der Waals surface area contributed by atoms with Gasteiger partial charge in [-0.3, -0.25) is 9.59 Å². The number of halogens is 2. The molecule has 0 spiro atoms. The van der Waals surface area contributed by atoms with E-state index in [0.717, 1.165) is 4.47 Å². The third-order valence-electron chi connectivity index (χ3n) is 2.91. The molecule has 0 aliphatic carbocycles. The molecular formula is C16H14BrFN2O2. The number of anilines is 1. The number of benzene rings is 2. The predicted octanol–water partition coefficient (Wildman–Crippen LogP) is 3.30. The SMILES string of the molecule is CN(CC(=O)Nc1cccc(F)c1)C(=O)c1cccc(Br)c1. The van der Waals surface area contributed by atoms with E-state index in [1.54, 1.807) is 24.3 Å². The normalized spacial score (nSPS) is 10.1. The average Bonchev–Trinajstić information content (AvgIpc) is 2.46. The maximum atomic E-state index is 13.0. The highest BCUT2D eigenvalue weighted by Gasteiger charge is 2.15. The first-order valence-corrected chi connectivity index (χ1v) is 7.31. The lowest BCUT2D eigenvalue weighted by Crippen LogP contribution is -2.34. The second-order valence-electron chi connectivity index (χ2n) is 4.73. The van der Waals surface area contributed by atoms with E-state index in [0.29, 0.717) is 11.3 Å². The number of likely N-dealkylation sites (N-methyl/N-ethyl adjacent to an activating group) is 1. The largest absolute Gasteiger partial charge is 0.332 e. The van der Waals surface area contributed by atoms with Gasteiger partial charge in [-0.05, 0) is 36.4 Å². The number of amides is 2. The summed E-state index contributed by atoms with van der Waals surface area (Å²) in [4.78, 5) is 25.4. The maximum Gasteiger partial charge on any atom is 0.254 e. The Morgan fingerprint density at radius 3 is 2.59 bits per heavy atom. The number of carbonyl (C=O) groups is 2. The minimum Gasteiger partial charge on any atom is -0.332 e. The maximum absolute atomic E-state index is 13.0. The zero-order valence-corrected chi connectivity index (χ0v) is 13.4. The van der Waals surface area contributed by atoms with Crippen molar-refractivity contribution in [1.29, 1.82) is 0 Å². The van der Waals surface area contributed by atoms with Gasteiger partial charge >= 0.3 is 0 Å². The molecule has 4 nitrogen and oxygen atoms in total. The fourth-order valence-corrected chi connectivity index (χ4v) is 2.30. The standard InChI is InChI=1S/C16H14BrFN2O2/c1-20(16(22)11-4-2-5-12(17)8-11)10-15(21)19-14-7-3-6-13(18)9-14/h2-9H,10H2,1H3,(H,19,21). The summed E-state index contributed by atoms with van der Waals surface area (Å²) in [5.41, 5.74) is 0.837.